The van der Waals surface area contributed by atoms with Crippen molar-refractivity contribution < 1.29 is 4.39 Å². The quantitative estimate of drug-likeness (QED) is 0.928. The average Bonchev–Trinajstić information content (AvgIpc) is 2.33. The molecule has 2 nitrogen and oxygen atoms in total. The Morgan fingerprint density at radius 3 is 3.00 bits per heavy atom. The van der Waals surface area contributed by atoms with Gasteiger partial charge >= 0.3 is 0 Å². The van der Waals surface area contributed by atoms with Gasteiger partial charge in [-0.05, 0) is 54.4 Å². The van der Waals surface area contributed by atoms with Crippen LogP contribution < -0.4 is 5.32 Å². The fourth-order valence-corrected chi connectivity index (χ4v) is 2.61. The zero-order valence-electron chi connectivity index (χ0n) is 10.0. The highest BCUT2D eigenvalue weighted by molar-refractivity contribution is 9.10. The molecule has 0 bridgehead atoms. The zero-order chi connectivity index (χ0) is 12.3. The summed E-state index contributed by atoms with van der Waals surface area (Å²) in [5.41, 5.74) is -0.349. The first kappa shape index (κ1) is 13.0. The fourth-order valence-electron chi connectivity index (χ4n) is 2.38. The lowest BCUT2D eigenvalue weighted by Crippen LogP contribution is -2.42. The van der Waals surface area contributed by atoms with Gasteiger partial charge in [-0.2, -0.15) is 0 Å². The standard InChI is InChI=1S/C13H18BrFN2/c1-13(15,10-3-2-6-16-8-10)7-12-5-4-11(14)9-17-12/h4-5,9-10,16H,2-3,6-8H2,1H3. The van der Waals surface area contributed by atoms with E-state index < -0.39 is 5.67 Å². The van der Waals surface area contributed by atoms with Crippen molar-refractivity contribution in [3.05, 3.63) is 28.5 Å². The number of nitrogens with zero attached hydrogens (tertiary/aromatic N) is 1. The summed E-state index contributed by atoms with van der Waals surface area (Å²) in [5.74, 6) is 0.0988. The van der Waals surface area contributed by atoms with Gasteiger partial charge in [-0.25, -0.2) is 4.39 Å². The van der Waals surface area contributed by atoms with E-state index in [0.717, 1.165) is 36.1 Å². The molecule has 1 aromatic rings. The van der Waals surface area contributed by atoms with E-state index >= 15 is 0 Å². The van der Waals surface area contributed by atoms with Gasteiger partial charge in [0.2, 0.25) is 0 Å². The maximum absolute atomic E-state index is 14.7. The van der Waals surface area contributed by atoms with Gasteiger partial charge in [0.05, 0.1) is 0 Å². The molecule has 2 rings (SSSR count). The highest BCUT2D eigenvalue weighted by atomic mass is 79.9. The van der Waals surface area contributed by atoms with Gasteiger partial charge in [-0.1, -0.05) is 0 Å². The Bertz CT molecular complexity index is 358. The van der Waals surface area contributed by atoms with Crippen LogP contribution in [0.5, 0.6) is 0 Å². The predicted octanol–water partition coefficient (Wildman–Crippen LogP) is 3.11. The van der Waals surface area contributed by atoms with Gasteiger partial charge in [-0.3, -0.25) is 4.98 Å². The van der Waals surface area contributed by atoms with Crippen LogP contribution in [0.2, 0.25) is 0 Å². The highest BCUT2D eigenvalue weighted by Gasteiger charge is 2.35. The summed E-state index contributed by atoms with van der Waals surface area (Å²) in [6.45, 7) is 3.50. The van der Waals surface area contributed by atoms with Gasteiger partial charge in [-0.15, -0.1) is 0 Å². The molecule has 1 aliphatic rings. The Balaban J connectivity index is 2.02. The van der Waals surface area contributed by atoms with Crippen molar-refractivity contribution in [1.29, 1.82) is 0 Å². The first-order valence-corrected chi connectivity index (χ1v) is 6.87. The van der Waals surface area contributed by atoms with Crippen LogP contribution in [0.25, 0.3) is 0 Å². The number of alkyl halides is 1. The third kappa shape index (κ3) is 3.49. The summed E-state index contributed by atoms with van der Waals surface area (Å²) in [6.07, 6.45) is 4.16. The highest BCUT2D eigenvalue weighted by Crippen LogP contribution is 2.30. The van der Waals surface area contributed by atoms with Crippen LogP contribution >= 0.6 is 15.9 Å². The van der Waals surface area contributed by atoms with Crippen LogP contribution in [-0.4, -0.2) is 23.7 Å². The second kappa shape index (κ2) is 5.44. The first-order chi connectivity index (χ1) is 8.08. The number of hydrogen-bond acceptors (Lipinski definition) is 2. The number of piperidine rings is 1. The van der Waals surface area contributed by atoms with Crippen LogP contribution in [-0.2, 0) is 6.42 Å². The summed E-state index contributed by atoms with van der Waals surface area (Å²) in [6, 6.07) is 3.80. The van der Waals surface area contributed by atoms with E-state index in [-0.39, 0.29) is 5.92 Å². The second-order valence-corrected chi connectivity index (χ2v) is 5.88. The fraction of sp³-hybridized carbons (Fsp3) is 0.615. The third-order valence-corrected chi connectivity index (χ3v) is 3.93. The summed E-state index contributed by atoms with van der Waals surface area (Å²) < 4.78 is 15.6. The van der Waals surface area contributed by atoms with E-state index in [4.69, 9.17) is 0 Å². The Kier molecular flexibility index (Phi) is 4.15. The minimum atomic E-state index is -1.17. The topological polar surface area (TPSA) is 24.9 Å². The molecule has 1 fully saturated rings. The zero-order valence-corrected chi connectivity index (χ0v) is 11.6. The van der Waals surface area contributed by atoms with Gasteiger partial charge in [0.15, 0.2) is 0 Å². The van der Waals surface area contributed by atoms with Crippen molar-refractivity contribution in [2.45, 2.75) is 31.9 Å². The van der Waals surface area contributed by atoms with Crippen molar-refractivity contribution >= 4 is 15.9 Å². The van der Waals surface area contributed by atoms with E-state index in [0.29, 0.717) is 6.42 Å². The van der Waals surface area contributed by atoms with Crippen LogP contribution in [0, 0.1) is 5.92 Å². The summed E-state index contributed by atoms with van der Waals surface area (Å²) in [5, 5.41) is 3.27. The van der Waals surface area contributed by atoms with Crippen molar-refractivity contribution in [1.82, 2.24) is 10.3 Å². The molecule has 1 aromatic heterocycles. The number of aromatic nitrogens is 1. The molecular weight excluding hydrogens is 283 g/mol. The average molecular weight is 301 g/mol. The lowest BCUT2D eigenvalue weighted by molar-refractivity contribution is 0.0823. The van der Waals surface area contributed by atoms with Crippen molar-refractivity contribution in [3.8, 4) is 0 Å². The molecule has 1 N–H and O–H groups in total. The van der Waals surface area contributed by atoms with E-state index in [1.165, 1.54) is 0 Å². The van der Waals surface area contributed by atoms with Crippen LogP contribution in [0.15, 0.2) is 22.8 Å². The molecule has 4 heteroatoms. The number of hydrogen-bond donors (Lipinski definition) is 1. The Morgan fingerprint density at radius 1 is 1.59 bits per heavy atom. The maximum Gasteiger partial charge on any atom is 0.117 e. The lowest BCUT2D eigenvalue weighted by atomic mass is 9.82. The van der Waals surface area contributed by atoms with Crippen LogP contribution in [0.4, 0.5) is 4.39 Å². The van der Waals surface area contributed by atoms with Crippen molar-refractivity contribution in [2.75, 3.05) is 13.1 Å². The molecule has 94 valence electrons. The minimum Gasteiger partial charge on any atom is -0.316 e. The molecule has 0 radical (unpaired) electrons. The maximum atomic E-state index is 14.7. The molecule has 0 aliphatic carbocycles. The minimum absolute atomic E-state index is 0.0988. The van der Waals surface area contributed by atoms with Gasteiger partial charge < -0.3 is 5.32 Å². The van der Waals surface area contributed by atoms with Gasteiger partial charge in [0.1, 0.15) is 5.67 Å². The molecular formula is C13H18BrFN2. The second-order valence-electron chi connectivity index (χ2n) is 4.97. The first-order valence-electron chi connectivity index (χ1n) is 6.08. The number of rotatable bonds is 3. The monoisotopic (exact) mass is 300 g/mol. The summed E-state index contributed by atoms with van der Waals surface area (Å²) in [7, 11) is 0. The Labute approximate surface area is 110 Å². The van der Waals surface area contributed by atoms with Crippen LogP contribution in [0.1, 0.15) is 25.5 Å². The van der Waals surface area contributed by atoms with Crippen molar-refractivity contribution in [3.63, 3.8) is 0 Å². The molecule has 0 aromatic carbocycles. The predicted molar refractivity (Wildman–Crippen MR) is 70.7 cm³/mol. The molecule has 17 heavy (non-hydrogen) atoms. The molecule has 2 atom stereocenters. The van der Waals surface area contributed by atoms with E-state index in [1.807, 2.05) is 12.1 Å². The smallest absolute Gasteiger partial charge is 0.117 e. The number of halogens is 2. The SMILES string of the molecule is CC(F)(Cc1ccc(Br)cn1)C1CCCNC1. The van der Waals surface area contributed by atoms with E-state index in [2.05, 4.69) is 26.2 Å². The molecule has 0 spiro atoms. The van der Waals surface area contributed by atoms with Crippen molar-refractivity contribution in [2.24, 2.45) is 5.92 Å². The molecule has 2 unspecified atom stereocenters. The normalized spacial score (nSPS) is 24.3. The third-order valence-electron chi connectivity index (χ3n) is 3.46. The molecule has 0 amide bonds. The summed E-state index contributed by atoms with van der Waals surface area (Å²) in [4.78, 5) is 4.25. The number of pyridine rings is 1. The summed E-state index contributed by atoms with van der Waals surface area (Å²) >= 11 is 3.34. The van der Waals surface area contributed by atoms with Crippen LogP contribution in [0.3, 0.4) is 0 Å². The van der Waals surface area contributed by atoms with E-state index in [9.17, 15) is 4.39 Å². The van der Waals surface area contributed by atoms with Gasteiger partial charge in [0, 0.05) is 35.2 Å². The van der Waals surface area contributed by atoms with Gasteiger partial charge in [0.25, 0.3) is 0 Å². The Morgan fingerprint density at radius 2 is 2.41 bits per heavy atom. The Hall–Kier alpha value is -0.480. The molecule has 0 saturated carbocycles. The molecule has 1 aliphatic heterocycles. The molecule has 1 saturated heterocycles. The lowest BCUT2D eigenvalue weighted by Gasteiger charge is -2.33. The number of nitrogens with one attached hydrogen (secondary N) is 1. The molecule has 2 heterocycles. The van der Waals surface area contributed by atoms with E-state index in [1.54, 1.807) is 13.1 Å². The largest absolute Gasteiger partial charge is 0.316 e.